The summed E-state index contributed by atoms with van der Waals surface area (Å²) >= 11 is 1.55. The highest BCUT2D eigenvalue weighted by Crippen LogP contribution is 2.08. The van der Waals surface area contributed by atoms with Gasteiger partial charge in [0.2, 0.25) is 5.91 Å². The van der Waals surface area contributed by atoms with Crippen molar-refractivity contribution in [2.75, 3.05) is 0 Å². The Labute approximate surface area is 96.6 Å². The van der Waals surface area contributed by atoms with Crippen molar-refractivity contribution in [1.82, 2.24) is 5.43 Å². The molecule has 2 aromatic heterocycles. The van der Waals surface area contributed by atoms with Gasteiger partial charge in [0.05, 0.1) is 18.9 Å². The van der Waals surface area contributed by atoms with Gasteiger partial charge in [-0.25, -0.2) is 5.43 Å². The summed E-state index contributed by atoms with van der Waals surface area (Å²) in [4.78, 5) is 12.4. The third kappa shape index (κ3) is 3.06. The molecule has 82 valence electrons. The lowest BCUT2D eigenvalue weighted by Crippen LogP contribution is -2.19. The average molecular weight is 234 g/mol. The summed E-state index contributed by atoms with van der Waals surface area (Å²) < 4.78 is 5.02. The number of carbonyl (C=O) groups is 1. The van der Waals surface area contributed by atoms with Gasteiger partial charge in [0.25, 0.3) is 0 Å². The number of nitrogens with zero attached hydrogens (tertiary/aromatic N) is 1. The van der Waals surface area contributed by atoms with Crippen LogP contribution in [0.15, 0.2) is 45.4 Å². The van der Waals surface area contributed by atoms with E-state index in [1.165, 1.54) is 6.21 Å². The number of carbonyl (C=O) groups excluding carboxylic acids is 1. The topological polar surface area (TPSA) is 54.6 Å². The average Bonchev–Trinajstić information content (AvgIpc) is 2.90. The number of hydrogen-bond donors (Lipinski definition) is 1. The van der Waals surface area contributed by atoms with Gasteiger partial charge in [-0.2, -0.15) is 5.10 Å². The lowest BCUT2D eigenvalue weighted by Gasteiger charge is -1.95. The standard InChI is InChI=1S/C11H10N2O2S/c14-11(7-10-4-2-6-16-10)13-12-8-9-3-1-5-15-9/h1-6,8H,7H2,(H,13,14)/b12-8-. The Hall–Kier alpha value is -1.88. The van der Waals surface area contributed by atoms with E-state index in [1.807, 2.05) is 17.5 Å². The van der Waals surface area contributed by atoms with E-state index in [1.54, 1.807) is 29.7 Å². The molecule has 0 saturated heterocycles. The minimum absolute atomic E-state index is 0.134. The van der Waals surface area contributed by atoms with Crippen molar-refractivity contribution < 1.29 is 9.21 Å². The van der Waals surface area contributed by atoms with Crippen LogP contribution in [0, 0.1) is 0 Å². The fourth-order valence-corrected chi connectivity index (χ4v) is 1.85. The second-order valence-corrected chi connectivity index (χ2v) is 4.10. The number of hydrogen-bond acceptors (Lipinski definition) is 4. The maximum absolute atomic E-state index is 11.4. The lowest BCUT2D eigenvalue weighted by atomic mass is 10.3. The number of rotatable bonds is 4. The second kappa shape index (κ2) is 5.27. The van der Waals surface area contributed by atoms with Crippen molar-refractivity contribution >= 4 is 23.5 Å². The summed E-state index contributed by atoms with van der Waals surface area (Å²) in [7, 11) is 0. The smallest absolute Gasteiger partial charge is 0.245 e. The first kappa shape index (κ1) is 10.6. The van der Waals surface area contributed by atoms with Crippen LogP contribution in [0.5, 0.6) is 0 Å². The molecular formula is C11H10N2O2S. The summed E-state index contributed by atoms with van der Waals surface area (Å²) in [6.45, 7) is 0. The molecule has 0 spiro atoms. The molecule has 1 amide bonds. The summed E-state index contributed by atoms with van der Waals surface area (Å²) in [6.07, 6.45) is 3.37. The normalized spacial score (nSPS) is 10.8. The van der Waals surface area contributed by atoms with Crippen LogP contribution >= 0.6 is 11.3 Å². The first-order valence-electron chi connectivity index (χ1n) is 4.72. The predicted molar refractivity (Wildman–Crippen MR) is 62.5 cm³/mol. The van der Waals surface area contributed by atoms with Crippen LogP contribution in [0.25, 0.3) is 0 Å². The van der Waals surface area contributed by atoms with Gasteiger partial charge in [0, 0.05) is 4.88 Å². The molecule has 0 atom stereocenters. The number of amides is 1. The fourth-order valence-electron chi connectivity index (χ4n) is 1.14. The van der Waals surface area contributed by atoms with Gasteiger partial charge >= 0.3 is 0 Å². The molecule has 0 aliphatic heterocycles. The van der Waals surface area contributed by atoms with Crippen LogP contribution in [-0.2, 0) is 11.2 Å². The van der Waals surface area contributed by atoms with Crippen molar-refractivity contribution in [3.63, 3.8) is 0 Å². The molecule has 0 radical (unpaired) electrons. The minimum atomic E-state index is -0.134. The number of nitrogens with one attached hydrogen (secondary N) is 1. The Kier molecular flexibility index (Phi) is 3.50. The number of hydrazone groups is 1. The Morgan fingerprint density at radius 2 is 2.44 bits per heavy atom. The number of thiophene rings is 1. The van der Waals surface area contributed by atoms with E-state index < -0.39 is 0 Å². The Bertz CT molecular complexity index is 460. The van der Waals surface area contributed by atoms with Crippen LogP contribution in [0.3, 0.4) is 0 Å². The molecule has 1 N–H and O–H groups in total. The molecule has 0 saturated carbocycles. The largest absolute Gasteiger partial charge is 0.463 e. The summed E-state index contributed by atoms with van der Waals surface area (Å²) in [5, 5.41) is 5.72. The van der Waals surface area contributed by atoms with Gasteiger partial charge in [0.1, 0.15) is 5.76 Å². The summed E-state index contributed by atoms with van der Waals surface area (Å²) in [5.74, 6) is 0.474. The van der Waals surface area contributed by atoms with Gasteiger partial charge in [-0.15, -0.1) is 11.3 Å². The zero-order valence-corrected chi connectivity index (χ0v) is 9.24. The second-order valence-electron chi connectivity index (χ2n) is 3.06. The molecule has 2 aromatic rings. The molecule has 0 fully saturated rings. The van der Waals surface area contributed by atoms with Crippen LogP contribution in [0.2, 0.25) is 0 Å². The van der Waals surface area contributed by atoms with E-state index in [-0.39, 0.29) is 5.91 Å². The molecule has 16 heavy (non-hydrogen) atoms. The zero-order valence-electron chi connectivity index (χ0n) is 8.42. The fraction of sp³-hybridized carbons (Fsp3) is 0.0909. The first-order valence-corrected chi connectivity index (χ1v) is 5.60. The quantitative estimate of drug-likeness (QED) is 0.650. The number of furan rings is 1. The molecule has 0 unspecified atom stereocenters. The summed E-state index contributed by atoms with van der Waals surface area (Å²) in [5.41, 5.74) is 2.44. The van der Waals surface area contributed by atoms with E-state index in [0.29, 0.717) is 12.2 Å². The van der Waals surface area contributed by atoms with Crippen molar-refractivity contribution in [3.05, 3.63) is 46.5 Å². The predicted octanol–water partition coefficient (Wildman–Crippen LogP) is 2.03. The molecular weight excluding hydrogens is 224 g/mol. The van der Waals surface area contributed by atoms with E-state index >= 15 is 0 Å². The van der Waals surface area contributed by atoms with Gasteiger partial charge in [-0.05, 0) is 23.6 Å². The molecule has 0 aliphatic rings. The highest BCUT2D eigenvalue weighted by atomic mass is 32.1. The third-order valence-electron chi connectivity index (χ3n) is 1.84. The van der Waals surface area contributed by atoms with Crippen molar-refractivity contribution in [3.8, 4) is 0 Å². The van der Waals surface area contributed by atoms with Crippen LogP contribution in [0.1, 0.15) is 10.6 Å². The van der Waals surface area contributed by atoms with E-state index in [4.69, 9.17) is 4.42 Å². The molecule has 0 aromatic carbocycles. The summed E-state index contributed by atoms with van der Waals surface area (Å²) in [6, 6.07) is 7.35. The van der Waals surface area contributed by atoms with Crippen molar-refractivity contribution in [2.24, 2.45) is 5.10 Å². The molecule has 0 aliphatic carbocycles. The maximum atomic E-state index is 11.4. The van der Waals surface area contributed by atoms with Gasteiger partial charge < -0.3 is 4.42 Å². The van der Waals surface area contributed by atoms with Crippen molar-refractivity contribution in [1.29, 1.82) is 0 Å². The molecule has 2 heterocycles. The van der Waals surface area contributed by atoms with Crippen LogP contribution in [0.4, 0.5) is 0 Å². The molecule has 2 rings (SSSR count). The van der Waals surface area contributed by atoms with E-state index in [2.05, 4.69) is 10.5 Å². The highest BCUT2D eigenvalue weighted by Gasteiger charge is 2.01. The third-order valence-corrected chi connectivity index (χ3v) is 2.72. The SMILES string of the molecule is O=C(Cc1cccs1)N/N=C\c1ccco1. The Morgan fingerprint density at radius 3 is 3.12 bits per heavy atom. The van der Waals surface area contributed by atoms with Crippen molar-refractivity contribution in [2.45, 2.75) is 6.42 Å². The molecule has 0 bridgehead atoms. The van der Waals surface area contributed by atoms with E-state index in [0.717, 1.165) is 4.88 Å². The Balaban J connectivity index is 1.80. The lowest BCUT2D eigenvalue weighted by molar-refractivity contribution is -0.120. The van der Waals surface area contributed by atoms with Crippen LogP contribution in [-0.4, -0.2) is 12.1 Å². The first-order chi connectivity index (χ1) is 7.84. The highest BCUT2D eigenvalue weighted by molar-refractivity contribution is 7.10. The van der Waals surface area contributed by atoms with Crippen LogP contribution < -0.4 is 5.43 Å². The molecule has 5 heteroatoms. The van der Waals surface area contributed by atoms with Gasteiger partial charge in [0.15, 0.2) is 0 Å². The maximum Gasteiger partial charge on any atom is 0.245 e. The minimum Gasteiger partial charge on any atom is -0.463 e. The van der Waals surface area contributed by atoms with E-state index in [9.17, 15) is 4.79 Å². The Morgan fingerprint density at radius 1 is 1.50 bits per heavy atom. The monoisotopic (exact) mass is 234 g/mol. The molecule has 4 nitrogen and oxygen atoms in total. The zero-order chi connectivity index (χ0) is 11.2. The van der Waals surface area contributed by atoms with Gasteiger partial charge in [-0.3, -0.25) is 4.79 Å². The van der Waals surface area contributed by atoms with Gasteiger partial charge in [-0.1, -0.05) is 6.07 Å².